The van der Waals surface area contributed by atoms with Gasteiger partial charge in [0, 0.05) is 5.56 Å². The monoisotopic (exact) mass is 319 g/mol. The van der Waals surface area contributed by atoms with Gasteiger partial charge in [-0.2, -0.15) is 0 Å². The Hall–Kier alpha value is -1.35. The fraction of sp³-hybridized carbons (Fsp3) is 0.650. The molecule has 2 unspecified atom stereocenters. The Balaban J connectivity index is 2.67. The van der Waals surface area contributed by atoms with Gasteiger partial charge in [-0.3, -0.25) is 0 Å². The molecule has 23 heavy (non-hydrogen) atoms. The van der Waals surface area contributed by atoms with Gasteiger partial charge >= 0.3 is 0 Å². The molecule has 0 heterocycles. The fourth-order valence-corrected chi connectivity index (χ4v) is 3.06. The number of hydrogen-bond acceptors (Lipinski definition) is 3. The van der Waals surface area contributed by atoms with Crippen molar-refractivity contribution in [2.24, 2.45) is 11.1 Å². The van der Waals surface area contributed by atoms with Crippen LogP contribution in [0.3, 0.4) is 0 Å². The van der Waals surface area contributed by atoms with Gasteiger partial charge in [-0.15, -0.1) is 0 Å². The third-order valence-corrected chi connectivity index (χ3v) is 4.51. The standard InChI is InChI=1S/C20H33NO2/c1-3-5-7-8-10-16-18(13-6-4-2)20(22)19(21-23)17-14-11-9-12-15-17/h9,11-12,14-15,18,20,22-23H,3-8,10,13,16H2,1-2H3. The molecule has 0 aliphatic carbocycles. The Labute approximate surface area is 141 Å². The molecule has 0 radical (unpaired) electrons. The van der Waals surface area contributed by atoms with Crippen molar-refractivity contribution in [2.45, 2.75) is 77.7 Å². The van der Waals surface area contributed by atoms with Crippen molar-refractivity contribution < 1.29 is 10.3 Å². The maximum atomic E-state index is 10.8. The highest BCUT2D eigenvalue weighted by molar-refractivity contribution is 6.03. The van der Waals surface area contributed by atoms with E-state index in [9.17, 15) is 10.3 Å². The Kier molecular flexibility index (Phi) is 10.4. The van der Waals surface area contributed by atoms with Gasteiger partial charge in [0.15, 0.2) is 0 Å². The first-order valence-corrected chi connectivity index (χ1v) is 9.20. The van der Waals surface area contributed by atoms with Crippen molar-refractivity contribution >= 4 is 5.71 Å². The maximum Gasteiger partial charge on any atom is 0.116 e. The second-order valence-electron chi connectivity index (χ2n) is 6.40. The van der Waals surface area contributed by atoms with Gasteiger partial charge in [-0.1, -0.05) is 94.3 Å². The number of aliphatic hydroxyl groups is 1. The zero-order valence-corrected chi connectivity index (χ0v) is 14.7. The topological polar surface area (TPSA) is 52.8 Å². The molecule has 3 nitrogen and oxygen atoms in total. The van der Waals surface area contributed by atoms with E-state index in [2.05, 4.69) is 19.0 Å². The molecule has 0 bridgehead atoms. The van der Waals surface area contributed by atoms with Crippen molar-refractivity contribution in [1.29, 1.82) is 0 Å². The van der Waals surface area contributed by atoms with Crippen molar-refractivity contribution in [1.82, 2.24) is 0 Å². The predicted octanol–water partition coefficient (Wildman–Crippen LogP) is 5.39. The van der Waals surface area contributed by atoms with Gasteiger partial charge in [-0.25, -0.2) is 0 Å². The summed E-state index contributed by atoms with van der Waals surface area (Å²) in [5.41, 5.74) is 1.20. The molecule has 1 rings (SSSR count). The van der Waals surface area contributed by atoms with Crippen LogP contribution in [0.25, 0.3) is 0 Å². The summed E-state index contributed by atoms with van der Waals surface area (Å²) < 4.78 is 0. The Morgan fingerprint density at radius 2 is 1.52 bits per heavy atom. The molecular formula is C20H33NO2. The molecule has 1 aromatic rings. The average Bonchev–Trinajstić information content (AvgIpc) is 2.59. The highest BCUT2D eigenvalue weighted by Crippen LogP contribution is 2.24. The van der Waals surface area contributed by atoms with E-state index in [1.807, 2.05) is 30.3 Å². The summed E-state index contributed by atoms with van der Waals surface area (Å²) in [5.74, 6) is 0.169. The molecule has 3 heteroatoms. The number of nitrogens with zero attached hydrogens (tertiary/aromatic N) is 1. The van der Waals surface area contributed by atoms with E-state index in [4.69, 9.17) is 0 Å². The van der Waals surface area contributed by atoms with E-state index < -0.39 is 6.10 Å². The Morgan fingerprint density at radius 3 is 2.13 bits per heavy atom. The molecule has 0 saturated heterocycles. The minimum absolute atomic E-state index is 0.169. The molecule has 0 aliphatic heterocycles. The van der Waals surface area contributed by atoms with E-state index in [1.54, 1.807) is 0 Å². The second kappa shape index (κ2) is 12.1. The van der Waals surface area contributed by atoms with E-state index in [0.29, 0.717) is 5.71 Å². The van der Waals surface area contributed by atoms with Crippen LogP contribution in [0.4, 0.5) is 0 Å². The third kappa shape index (κ3) is 7.17. The molecule has 0 spiro atoms. The molecule has 0 fully saturated rings. The van der Waals surface area contributed by atoms with Crippen LogP contribution in [0.5, 0.6) is 0 Å². The summed E-state index contributed by atoms with van der Waals surface area (Å²) in [4.78, 5) is 0. The fourth-order valence-electron chi connectivity index (χ4n) is 3.06. The first-order valence-electron chi connectivity index (χ1n) is 9.20. The second-order valence-corrected chi connectivity index (χ2v) is 6.40. The van der Waals surface area contributed by atoms with Gasteiger partial charge in [0.1, 0.15) is 11.8 Å². The largest absolute Gasteiger partial charge is 0.411 e. The SMILES string of the molecule is CCCCCCCC(CCCC)C(O)C(=NO)c1ccccc1. The van der Waals surface area contributed by atoms with Gasteiger partial charge in [-0.05, 0) is 18.8 Å². The maximum absolute atomic E-state index is 10.8. The number of unbranched alkanes of at least 4 members (excludes halogenated alkanes) is 5. The minimum Gasteiger partial charge on any atom is -0.411 e. The molecule has 0 saturated carbocycles. The average molecular weight is 319 g/mol. The number of hydrogen-bond donors (Lipinski definition) is 2. The lowest BCUT2D eigenvalue weighted by atomic mass is 9.86. The van der Waals surface area contributed by atoms with Crippen LogP contribution in [-0.2, 0) is 0 Å². The van der Waals surface area contributed by atoms with Crippen molar-refractivity contribution in [3.05, 3.63) is 35.9 Å². The molecule has 0 aliphatic rings. The van der Waals surface area contributed by atoms with Crippen LogP contribution in [0, 0.1) is 5.92 Å². The molecule has 130 valence electrons. The highest BCUT2D eigenvalue weighted by Gasteiger charge is 2.25. The molecule has 1 aromatic carbocycles. The smallest absolute Gasteiger partial charge is 0.116 e. The lowest BCUT2D eigenvalue weighted by molar-refractivity contribution is 0.148. The molecular weight excluding hydrogens is 286 g/mol. The molecule has 0 aromatic heterocycles. The van der Waals surface area contributed by atoms with Crippen LogP contribution in [0.1, 0.15) is 77.2 Å². The van der Waals surface area contributed by atoms with Crippen LogP contribution in [0.15, 0.2) is 35.5 Å². The lowest BCUT2D eigenvalue weighted by Crippen LogP contribution is -2.30. The minimum atomic E-state index is -0.694. The van der Waals surface area contributed by atoms with Gasteiger partial charge in [0.2, 0.25) is 0 Å². The van der Waals surface area contributed by atoms with Crippen LogP contribution in [0.2, 0.25) is 0 Å². The molecule has 2 N–H and O–H groups in total. The third-order valence-electron chi connectivity index (χ3n) is 4.51. The van der Waals surface area contributed by atoms with Crippen molar-refractivity contribution in [3.8, 4) is 0 Å². The van der Waals surface area contributed by atoms with Gasteiger partial charge in [0.05, 0.1) is 0 Å². The number of aliphatic hydroxyl groups excluding tert-OH is 1. The highest BCUT2D eigenvalue weighted by atomic mass is 16.4. The van der Waals surface area contributed by atoms with Gasteiger partial charge in [0.25, 0.3) is 0 Å². The van der Waals surface area contributed by atoms with Crippen LogP contribution in [-0.4, -0.2) is 22.1 Å². The zero-order valence-electron chi connectivity index (χ0n) is 14.7. The summed E-state index contributed by atoms with van der Waals surface area (Å²) in [6.07, 6.45) is 9.67. The van der Waals surface area contributed by atoms with Crippen molar-refractivity contribution in [2.75, 3.05) is 0 Å². The first kappa shape index (κ1) is 19.7. The lowest BCUT2D eigenvalue weighted by Gasteiger charge is -2.24. The van der Waals surface area contributed by atoms with E-state index in [0.717, 1.165) is 37.7 Å². The van der Waals surface area contributed by atoms with E-state index in [1.165, 1.54) is 25.7 Å². The van der Waals surface area contributed by atoms with Crippen molar-refractivity contribution in [3.63, 3.8) is 0 Å². The summed E-state index contributed by atoms with van der Waals surface area (Å²) in [6.45, 7) is 4.39. The summed E-state index contributed by atoms with van der Waals surface area (Å²) >= 11 is 0. The quantitative estimate of drug-likeness (QED) is 0.235. The molecule has 0 amide bonds. The number of rotatable bonds is 12. The Bertz CT molecular complexity index is 431. The van der Waals surface area contributed by atoms with Crippen LogP contribution < -0.4 is 0 Å². The number of benzene rings is 1. The first-order chi connectivity index (χ1) is 11.2. The normalized spacial score (nSPS) is 14.7. The van der Waals surface area contributed by atoms with Gasteiger partial charge < -0.3 is 10.3 Å². The summed E-state index contributed by atoms with van der Waals surface area (Å²) in [7, 11) is 0. The van der Waals surface area contributed by atoms with E-state index >= 15 is 0 Å². The zero-order chi connectivity index (χ0) is 16.9. The summed E-state index contributed by atoms with van der Waals surface area (Å²) in [5, 5.41) is 23.6. The summed E-state index contributed by atoms with van der Waals surface area (Å²) in [6, 6.07) is 9.50. The number of oxime groups is 1. The predicted molar refractivity (Wildman–Crippen MR) is 97.2 cm³/mol. The molecule has 2 atom stereocenters. The van der Waals surface area contributed by atoms with E-state index in [-0.39, 0.29) is 5.92 Å². The van der Waals surface area contributed by atoms with Crippen LogP contribution >= 0.6 is 0 Å². The Morgan fingerprint density at radius 1 is 0.913 bits per heavy atom.